The van der Waals surface area contributed by atoms with Gasteiger partial charge in [0.25, 0.3) is 5.56 Å². The minimum absolute atomic E-state index is 0.0555. The summed E-state index contributed by atoms with van der Waals surface area (Å²) in [4.78, 5) is 37.3. The van der Waals surface area contributed by atoms with Gasteiger partial charge in [0.2, 0.25) is 11.8 Å². The van der Waals surface area contributed by atoms with Crippen LogP contribution in [0.2, 0.25) is 0 Å². The minimum atomic E-state index is -0.412. The quantitative estimate of drug-likeness (QED) is 0.506. The zero-order valence-corrected chi connectivity index (χ0v) is 16.4. The summed E-state index contributed by atoms with van der Waals surface area (Å²) in [6.07, 6.45) is -0.0555. The number of aromatic nitrogens is 2. The molecule has 2 N–H and O–H groups in total. The van der Waals surface area contributed by atoms with E-state index in [0.717, 1.165) is 10.5 Å². The number of aryl methyl sites for hydroxylation is 2. The van der Waals surface area contributed by atoms with Gasteiger partial charge in [-0.05, 0) is 25.1 Å². The van der Waals surface area contributed by atoms with E-state index < -0.39 is 5.91 Å². The van der Waals surface area contributed by atoms with Crippen molar-refractivity contribution in [3.8, 4) is 0 Å². The van der Waals surface area contributed by atoms with Crippen LogP contribution >= 0.6 is 11.8 Å². The highest BCUT2D eigenvalue weighted by atomic mass is 32.2. The molecule has 7 nitrogen and oxygen atoms in total. The lowest BCUT2D eigenvalue weighted by Gasteiger charge is -2.10. The summed E-state index contributed by atoms with van der Waals surface area (Å²) in [5, 5.41) is 5.31. The minimum Gasteiger partial charge on any atom is -0.273 e. The molecule has 0 fully saturated rings. The third-order valence-corrected chi connectivity index (χ3v) is 5.11. The summed E-state index contributed by atoms with van der Waals surface area (Å²) in [5.41, 5.74) is 6.20. The monoisotopic (exact) mass is 396 g/mol. The molecule has 28 heavy (non-hydrogen) atoms. The molecular formula is C20H20N4O3S. The molecule has 144 valence electrons. The maximum absolute atomic E-state index is 12.2. The van der Waals surface area contributed by atoms with Crippen molar-refractivity contribution in [3.05, 3.63) is 70.1 Å². The number of hydrogen-bond acceptors (Lipinski definition) is 5. The second kappa shape index (κ2) is 8.71. The molecule has 0 bridgehead atoms. The molecule has 3 aromatic rings. The molecule has 0 spiro atoms. The van der Waals surface area contributed by atoms with Gasteiger partial charge in [-0.1, -0.05) is 35.9 Å². The number of thioether (sulfide) groups is 1. The summed E-state index contributed by atoms with van der Waals surface area (Å²) < 4.78 is 1.21. The molecule has 2 aromatic carbocycles. The highest BCUT2D eigenvalue weighted by molar-refractivity contribution is 8.00. The van der Waals surface area contributed by atoms with Crippen LogP contribution in [0.3, 0.4) is 0 Å². The zero-order chi connectivity index (χ0) is 20.1. The van der Waals surface area contributed by atoms with Gasteiger partial charge in [0, 0.05) is 17.3 Å². The Morgan fingerprint density at radius 3 is 2.36 bits per heavy atom. The summed E-state index contributed by atoms with van der Waals surface area (Å²) >= 11 is 1.38. The van der Waals surface area contributed by atoms with Crippen LogP contribution in [0.4, 0.5) is 0 Å². The Bertz CT molecular complexity index is 1080. The van der Waals surface area contributed by atoms with Crippen molar-refractivity contribution in [3.63, 3.8) is 0 Å². The molecule has 0 saturated carbocycles. The predicted octanol–water partition coefficient (Wildman–Crippen LogP) is 1.72. The molecule has 0 aliphatic rings. The molecule has 0 atom stereocenters. The Labute approximate surface area is 166 Å². The maximum Gasteiger partial charge on any atom is 0.274 e. The molecule has 1 heterocycles. The van der Waals surface area contributed by atoms with Gasteiger partial charge < -0.3 is 0 Å². The molecule has 8 heteroatoms. The van der Waals surface area contributed by atoms with E-state index in [1.807, 2.05) is 31.2 Å². The van der Waals surface area contributed by atoms with E-state index in [1.54, 1.807) is 31.3 Å². The Kier molecular flexibility index (Phi) is 6.10. The van der Waals surface area contributed by atoms with Crippen LogP contribution in [-0.2, 0) is 23.1 Å². The number of fused-ring (bicyclic) bond motifs is 1. The average molecular weight is 396 g/mol. The number of amides is 2. The van der Waals surface area contributed by atoms with Crippen LogP contribution < -0.4 is 16.4 Å². The lowest BCUT2D eigenvalue weighted by Crippen LogP contribution is -2.43. The van der Waals surface area contributed by atoms with Crippen LogP contribution in [0.25, 0.3) is 10.8 Å². The number of nitrogens with one attached hydrogen (secondary N) is 2. The van der Waals surface area contributed by atoms with Crippen LogP contribution in [0.5, 0.6) is 0 Å². The Morgan fingerprint density at radius 1 is 1.00 bits per heavy atom. The molecule has 0 aliphatic heterocycles. The number of carbonyl (C=O) groups excluding carboxylic acids is 2. The average Bonchev–Trinajstić information content (AvgIpc) is 2.70. The third kappa shape index (κ3) is 4.77. The molecular weight excluding hydrogens is 376 g/mol. The molecule has 0 aliphatic carbocycles. The van der Waals surface area contributed by atoms with Crippen molar-refractivity contribution in [1.82, 2.24) is 20.6 Å². The lowest BCUT2D eigenvalue weighted by molar-refractivity contribution is -0.127. The Morgan fingerprint density at radius 2 is 1.64 bits per heavy atom. The lowest BCUT2D eigenvalue weighted by atomic mass is 10.1. The van der Waals surface area contributed by atoms with Gasteiger partial charge in [-0.2, -0.15) is 5.10 Å². The van der Waals surface area contributed by atoms with Gasteiger partial charge in [-0.25, -0.2) is 4.68 Å². The van der Waals surface area contributed by atoms with E-state index in [-0.39, 0.29) is 23.6 Å². The Balaban J connectivity index is 1.56. The van der Waals surface area contributed by atoms with E-state index in [1.165, 1.54) is 16.4 Å². The largest absolute Gasteiger partial charge is 0.274 e. The normalized spacial score (nSPS) is 10.6. The maximum atomic E-state index is 12.2. The first-order valence-electron chi connectivity index (χ1n) is 8.66. The van der Waals surface area contributed by atoms with Crippen LogP contribution in [0.1, 0.15) is 11.3 Å². The van der Waals surface area contributed by atoms with E-state index in [2.05, 4.69) is 16.0 Å². The molecule has 2 amide bonds. The number of hydrogen-bond donors (Lipinski definition) is 2. The topological polar surface area (TPSA) is 93.1 Å². The smallest absolute Gasteiger partial charge is 0.273 e. The fourth-order valence-electron chi connectivity index (χ4n) is 2.66. The highest BCUT2D eigenvalue weighted by Gasteiger charge is 2.13. The van der Waals surface area contributed by atoms with Crippen LogP contribution in [0, 0.1) is 6.92 Å². The summed E-state index contributed by atoms with van der Waals surface area (Å²) in [5.74, 6) is -0.535. The van der Waals surface area contributed by atoms with Crippen molar-refractivity contribution in [2.75, 3.05) is 5.75 Å². The summed E-state index contributed by atoms with van der Waals surface area (Å²) in [7, 11) is 1.54. The van der Waals surface area contributed by atoms with E-state index >= 15 is 0 Å². The third-order valence-electron chi connectivity index (χ3n) is 4.09. The van der Waals surface area contributed by atoms with Gasteiger partial charge in [0.1, 0.15) is 0 Å². The van der Waals surface area contributed by atoms with Gasteiger partial charge in [0.15, 0.2) is 0 Å². The van der Waals surface area contributed by atoms with Crippen molar-refractivity contribution >= 4 is 34.3 Å². The number of benzene rings is 2. The van der Waals surface area contributed by atoms with Crippen LogP contribution in [-0.4, -0.2) is 27.3 Å². The first kappa shape index (κ1) is 19.6. The number of rotatable bonds is 5. The van der Waals surface area contributed by atoms with Crippen LogP contribution in [0.15, 0.2) is 58.2 Å². The SMILES string of the molecule is Cc1ccc(SCC(=O)NNC(=O)Cc2nn(C)c(=O)c3ccccc23)cc1. The first-order valence-corrected chi connectivity index (χ1v) is 9.64. The molecule has 0 unspecified atom stereocenters. The molecule has 1 aromatic heterocycles. The zero-order valence-electron chi connectivity index (χ0n) is 15.6. The van der Waals surface area contributed by atoms with Gasteiger partial charge in [-0.15, -0.1) is 11.8 Å². The summed E-state index contributed by atoms with van der Waals surface area (Å²) in [6, 6.07) is 14.9. The fraction of sp³-hybridized carbons (Fsp3) is 0.200. The van der Waals surface area contributed by atoms with Gasteiger partial charge >= 0.3 is 0 Å². The second-order valence-electron chi connectivity index (χ2n) is 6.30. The fourth-order valence-corrected chi connectivity index (χ4v) is 3.36. The van der Waals surface area contributed by atoms with E-state index in [4.69, 9.17) is 0 Å². The number of carbonyl (C=O) groups is 2. The van der Waals surface area contributed by atoms with Crippen molar-refractivity contribution in [1.29, 1.82) is 0 Å². The molecule has 0 radical (unpaired) electrons. The number of hydrazine groups is 1. The van der Waals surface area contributed by atoms with Gasteiger partial charge in [-0.3, -0.25) is 25.2 Å². The van der Waals surface area contributed by atoms with Crippen molar-refractivity contribution < 1.29 is 9.59 Å². The molecule has 0 saturated heterocycles. The first-order chi connectivity index (χ1) is 13.4. The standard InChI is InChI=1S/C20H20N4O3S/c1-13-7-9-14(10-8-13)28-12-19(26)22-21-18(25)11-17-15-5-3-4-6-16(15)20(27)24(2)23-17/h3-10H,11-12H2,1-2H3,(H,21,25)(H,22,26). The predicted molar refractivity (Wildman–Crippen MR) is 109 cm³/mol. The van der Waals surface area contributed by atoms with Crippen molar-refractivity contribution in [2.24, 2.45) is 7.05 Å². The Hall–Kier alpha value is -3.13. The van der Waals surface area contributed by atoms with E-state index in [9.17, 15) is 14.4 Å². The summed E-state index contributed by atoms with van der Waals surface area (Å²) in [6.45, 7) is 2.00. The van der Waals surface area contributed by atoms with E-state index in [0.29, 0.717) is 16.5 Å². The van der Waals surface area contributed by atoms with Gasteiger partial charge in [0.05, 0.1) is 23.3 Å². The van der Waals surface area contributed by atoms with Crippen molar-refractivity contribution in [2.45, 2.75) is 18.2 Å². The number of nitrogens with zero attached hydrogens (tertiary/aromatic N) is 2. The molecule has 3 rings (SSSR count). The highest BCUT2D eigenvalue weighted by Crippen LogP contribution is 2.17. The second-order valence-corrected chi connectivity index (χ2v) is 7.34.